The summed E-state index contributed by atoms with van der Waals surface area (Å²) in [6, 6.07) is 28.3. The van der Waals surface area contributed by atoms with Crippen LogP contribution in [0.15, 0.2) is 103 Å². The highest BCUT2D eigenvalue weighted by Gasteiger charge is 2.70. The van der Waals surface area contributed by atoms with E-state index in [1.54, 1.807) is 24.3 Å². The monoisotopic (exact) mass is 572 g/mol. The quantitative estimate of drug-likeness (QED) is 0.249. The zero-order valence-corrected chi connectivity index (χ0v) is 23.8. The minimum absolute atomic E-state index is 0.240. The van der Waals surface area contributed by atoms with Crippen molar-refractivity contribution >= 4 is 46.5 Å². The molecule has 0 saturated carbocycles. The molecular weight excluding hydrogens is 544 g/mol. The van der Waals surface area contributed by atoms with Crippen LogP contribution in [0.1, 0.15) is 50.8 Å². The normalized spacial score (nSPS) is 23.3. The van der Waals surface area contributed by atoms with Crippen LogP contribution in [0.5, 0.6) is 0 Å². The van der Waals surface area contributed by atoms with Crippen molar-refractivity contribution in [2.75, 3.05) is 10.2 Å². The Balaban J connectivity index is 1.51. The summed E-state index contributed by atoms with van der Waals surface area (Å²) >= 11 is 6.61. The minimum atomic E-state index is -1.35. The van der Waals surface area contributed by atoms with Gasteiger partial charge in [0.25, 0.3) is 0 Å². The predicted molar refractivity (Wildman–Crippen MR) is 166 cm³/mol. The number of benzene rings is 4. The molecule has 0 radical (unpaired) electrons. The minimum Gasteiger partial charge on any atom is -0.352 e. The number of nitrogens with zero attached hydrogens (tertiary/aromatic N) is 1. The van der Waals surface area contributed by atoms with E-state index in [1.165, 1.54) is 0 Å². The molecule has 1 spiro atoms. The van der Waals surface area contributed by atoms with Crippen molar-refractivity contribution in [3.05, 3.63) is 136 Å². The Morgan fingerprint density at radius 3 is 2.38 bits per heavy atom. The van der Waals surface area contributed by atoms with Gasteiger partial charge in [0.15, 0.2) is 11.6 Å². The second kappa shape index (κ2) is 10.1. The Kier molecular flexibility index (Phi) is 6.36. The lowest BCUT2D eigenvalue weighted by molar-refractivity contribution is -0.121. The number of carbonyl (C=O) groups excluding carboxylic acids is 3. The van der Waals surface area contributed by atoms with Crippen LogP contribution in [0.4, 0.5) is 11.4 Å². The van der Waals surface area contributed by atoms with Crippen LogP contribution in [-0.4, -0.2) is 29.6 Å². The molecule has 1 N–H and O–H groups in total. The van der Waals surface area contributed by atoms with Gasteiger partial charge in [-0.2, -0.15) is 0 Å². The Bertz CT molecular complexity index is 1780. The number of Topliss-reactive ketones (excluding diaryl/α,β-unsaturated/α-hetero) is 2. The SMILES string of the molecule is CCCc1ccc(C(=O)[C@@H]2[C@@H](C(=O)c3ccccc3Cl)N3c4ccccc4C=C[C@@H]3[C@]23C(=O)Nc2ccccc23)cc1. The molecule has 0 bridgehead atoms. The van der Waals surface area contributed by atoms with E-state index in [9.17, 15) is 14.4 Å². The van der Waals surface area contributed by atoms with Gasteiger partial charge in [-0.15, -0.1) is 0 Å². The number of fused-ring (bicyclic) bond motifs is 6. The topological polar surface area (TPSA) is 66.5 Å². The summed E-state index contributed by atoms with van der Waals surface area (Å²) in [5, 5.41) is 3.38. The smallest absolute Gasteiger partial charge is 0.238 e. The van der Waals surface area contributed by atoms with Crippen LogP contribution in [0.25, 0.3) is 6.08 Å². The molecule has 1 saturated heterocycles. The summed E-state index contributed by atoms with van der Waals surface area (Å²) in [7, 11) is 0. The lowest BCUT2D eigenvalue weighted by Gasteiger charge is -2.37. The molecule has 42 heavy (non-hydrogen) atoms. The van der Waals surface area contributed by atoms with Crippen molar-refractivity contribution in [1.82, 2.24) is 0 Å². The van der Waals surface area contributed by atoms with Gasteiger partial charge in [0.1, 0.15) is 11.5 Å². The van der Waals surface area contributed by atoms with Crippen molar-refractivity contribution < 1.29 is 14.4 Å². The van der Waals surface area contributed by atoms with Crippen molar-refractivity contribution in [3.8, 4) is 0 Å². The molecular formula is C36H29ClN2O3. The summed E-state index contributed by atoms with van der Waals surface area (Å²) in [6.07, 6.45) is 5.87. The molecule has 1 fully saturated rings. The van der Waals surface area contributed by atoms with E-state index in [1.807, 2.05) is 89.8 Å². The van der Waals surface area contributed by atoms with E-state index in [4.69, 9.17) is 11.6 Å². The summed E-state index contributed by atoms with van der Waals surface area (Å²) < 4.78 is 0. The Morgan fingerprint density at radius 2 is 1.60 bits per heavy atom. The molecule has 7 rings (SSSR count). The molecule has 0 unspecified atom stereocenters. The van der Waals surface area contributed by atoms with E-state index in [2.05, 4.69) is 12.2 Å². The summed E-state index contributed by atoms with van der Waals surface area (Å²) in [6.45, 7) is 2.12. The molecule has 5 nitrogen and oxygen atoms in total. The number of hydrogen-bond donors (Lipinski definition) is 1. The van der Waals surface area contributed by atoms with Crippen LogP contribution >= 0.6 is 11.6 Å². The van der Waals surface area contributed by atoms with Crippen molar-refractivity contribution in [2.45, 2.75) is 37.3 Å². The second-order valence-corrected chi connectivity index (χ2v) is 11.6. The number of amides is 1. The Hall–Kier alpha value is -4.48. The number of halogens is 1. The van der Waals surface area contributed by atoms with Gasteiger partial charge < -0.3 is 10.2 Å². The first-order valence-corrected chi connectivity index (χ1v) is 14.7. The van der Waals surface area contributed by atoms with Crippen LogP contribution in [-0.2, 0) is 16.6 Å². The maximum Gasteiger partial charge on any atom is 0.238 e. The zero-order valence-electron chi connectivity index (χ0n) is 23.1. The number of para-hydroxylation sites is 2. The molecule has 3 aliphatic rings. The highest BCUT2D eigenvalue weighted by Crippen LogP contribution is 2.58. The van der Waals surface area contributed by atoms with Gasteiger partial charge in [0.05, 0.1) is 17.0 Å². The van der Waals surface area contributed by atoms with E-state index in [-0.39, 0.29) is 17.5 Å². The van der Waals surface area contributed by atoms with Crippen molar-refractivity contribution in [1.29, 1.82) is 0 Å². The van der Waals surface area contributed by atoms with Crippen molar-refractivity contribution in [3.63, 3.8) is 0 Å². The largest absolute Gasteiger partial charge is 0.352 e. The maximum absolute atomic E-state index is 14.9. The molecule has 1 amide bonds. The summed E-state index contributed by atoms with van der Waals surface area (Å²) in [5.41, 5.74) is 3.71. The number of hydrogen-bond acceptors (Lipinski definition) is 4. The third-order valence-electron chi connectivity index (χ3n) is 9.01. The molecule has 4 atom stereocenters. The van der Waals surface area contributed by atoms with E-state index in [0.29, 0.717) is 21.8 Å². The Labute approximate surface area is 249 Å². The average molecular weight is 573 g/mol. The molecule has 0 aromatic heterocycles. The number of ketones is 2. The first-order valence-electron chi connectivity index (χ1n) is 14.3. The molecule has 208 valence electrons. The van der Waals surface area contributed by atoms with Crippen molar-refractivity contribution in [2.24, 2.45) is 5.92 Å². The average Bonchev–Trinajstić information content (AvgIpc) is 3.49. The summed E-state index contributed by atoms with van der Waals surface area (Å²) in [5.74, 6) is -1.83. The molecule has 0 aliphatic carbocycles. The zero-order chi connectivity index (χ0) is 29.0. The van der Waals surface area contributed by atoms with Gasteiger partial charge >= 0.3 is 0 Å². The van der Waals surface area contributed by atoms with E-state index < -0.39 is 23.4 Å². The van der Waals surface area contributed by atoms with Crippen LogP contribution in [0, 0.1) is 5.92 Å². The fourth-order valence-corrected chi connectivity index (χ4v) is 7.47. The van der Waals surface area contributed by atoms with Crippen LogP contribution in [0.2, 0.25) is 5.02 Å². The number of rotatable bonds is 6. The fourth-order valence-electron chi connectivity index (χ4n) is 7.24. The highest BCUT2D eigenvalue weighted by molar-refractivity contribution is 6.34. The number of carbonyl (C=O) groups is 3. The number of nitrogens with one attached hydrogen (secondary N) is 1. The van der Waals surface area contributed by atoms with E-state index >= 15 is 0 Å². The lowest BCUT2D eigenvalue weighted by atomic mass is 9.64. The molecule has 3 aliphatic heterocycles. The van der Waals surface area contributed by atoms with Gasteiger partial charge in [0.2, 0.25) is 5.91 Å². The number of anilines is 2. The Morgan fingerprint density at radius 1 is 0.881 bits per heavy atom. The van der Waals surface area contributed by atoms with Gasteiger partial charge in [-0.1, -0.05) is 110 Å². The predicted octanol–water partition coefficient (Wildman–Crippen LogP) is 7.15. The van der Waals surface area contributed by atoms with Crippen LogP contribution < -0.4 is 10.2 Å². The highest BCUT2D eigenvalue weighted by atomic mass is 35.5. The maximum atomic E-state index is 14.9. The first-order chi connectivity index (χ1) is 20.5. The number of aryl methyl sites for hydroxylation is 1. The van der Waals surface area contributed by atoms with Gasteiger partial charge in [-0.3, -0.25) is 14.4 Å². The first kappa shape index (κ1) is 26.4. The molecule has 4 aromatic carbocycles. The molecule has 3 heterocycles. The lowest BCUT2D eigenvalue weighted by Crippen LogP contribution is -2.51. The summed E-state index contributed by atoms with van der Waals surface area (Å²) in [4.78, 5) is 46.1. The third-order valence-corrected chi connectivity index (χ3v) is 9.34. The fraction of sp³-hybridized carbons (Fsp3) is 0.194. The molecule has 4 aromatic rings. The standard InChI is InChI=1S/C36H29ClN2O3/c1-2-9-22-16-18-24(19-17-22)33(40)31-32(34(41)25-11-4-6-13-27(25)37)39-29-15-8-3-10-23(29)20-21-30(39)36(31)26-12-5-7-14-28(26)38-35(36)42/h3-8,10-21,30-32H,2,9H2,1H3,(H,38,42)/t30-,31+,32+,36+/m1/s1. The molecule has 6 heteroatoms. The second-order valence-electron chi connectivity index (χ2n) is 11.2. The van der Waals surface area contributed by atoms with Crippen LogP contribution in [0.3, 0.4) is 0 Å². The van der Waals surface area contributed by atoms with E-state index in [0.717, 1.165) is 35.2 Å². The van der Waals surface area contributed by atoms with Gasteiger partial charge in [0, 0.05) is 22.5 Å². The van der Waals surface area contributed by atoms with Gasteiger partial charge in [-0.25, -0.2) is 0 Å². The third kappa shape index (κ3) is 3.73. The van der Waals surface area contributed by atoms with Gasteiger partial charge in [-0.05, 0) is 47.4 Å².